The van der Waals surface area contributed by atoms with Crippen molar-refractivity contribution in [1.29, 1.82) is 0 Å². The first-order chi connectivity index (χ1) is 8.96. The van der Waals surface area contributed by atoms with Crippen LogP contribution in [0.1, 0.15) is 18.9 Å². The molecule has 0 spiro atoms. The minimum absolute atomic E-state index is 0.162. The maximum Gasteiger partial charge on any atom is 0.123 e. The van der Waals surface area contributed by atoms with Crippen LogP contribution in [0.25, 0.3) is 0 Å². The lowest BCUT2D eigenvalue weighted by atomic mass is 9.82. The van der Waals surface area contributed by atoms with E-state index in [-0.39, 0.29) is 11.2 Å². The molecule has 0 bridgehead atoms. The third kappa shape index (κ3) is 2.68. The maximum absolute atomic E-state index is 13.7. The Kier molecular flexibility index (Phi) is 3.62. The Hall–Kier alpha value is -0.746. The standard InChI is InChI=1S/C16H25FOSi2/c1-16(10-15(18)19(2,3)4)11-20(5,6)14-8-7-12(17)9-13(14)16/h7-9H,10-11H2,1-6H3. The van der Waals surface area contributed by atoms with Crippen molar-refractivity contribution in [1.82, 2.24) is 0 Å². The molecule has 0 saturated heterocycles. The summed E-state index contributed by atoms with van der Waals surface area (Å²) < 4.78 is 13.7. The first-order valence-corrected chi connectivity index (χ1v) is 14.0. The molecule has 1 unspecified atom stereocenters. The molecular formula is C16H25FOSi2. The van der Waals surface area contributed by atoms with E-state index in [1.807, 2.05) is 6.07 Å². The van der Waals surface area contributed by atoms with E-state index in [2.05, 4.69) is 39.7 Å². The summed E-state index contributed by atoms with van der Waals surface area (Å²) in [5.74, 6) is -0.179. The van der Waals surface area contributed by atoms with Gasteiger partial charge in [-0.05, 0) is 29.2 Å². The largest absolute Gasteiger partial charge is 0.305 e. The van der Waals surface area contributed by atoms with Gasteiger partial charge in [-0.1, -0.05) is 50.9 Å². The molecule has 0 radical (unpaired) electrons. The Morgan fingerprint density at radius 2 is 1.95 bits per heavy atom. The molecule has 4 heteroatoms. The van der Waals surface area contributed by atoms with Gasteiger partial charge >= 0.3 is 0 Å². The van der Waals surface area contributed by atoms with Crippen LogP contribution in [0.2, 0.25) is 38.8 Å². The van der Waals surface area contributed by atoms with Crippen molar-refractivity contribution < 1.29 is 9.18 Å². The first kappa shape index (κ1) is 15.6. The predicted octanol–water partition coefficient (Wildman–Crippen LogP) is 3.85. The molecule has 0 amide bonds. The molecule has 110 valence electrons. The zero-order chi connectivity index (χ0) is 15.3. The number of rotatable bonds is 3. The lowest BCUT2D eigenvalue weighted by Gasteiger charge is -2.29. The molecule has 1 heterocycles. The van der Waals surface area contributed by atoms with E-state index in [1.165, 1.54) is 5.19 Å². The number of hydrogen-bond donors (Lipinski definition) is 0. The number of halogens is 1. The van der Waals surface area contributed by atoms with Crippen molar-refractivity contribution in [2.24, 2.45) is 0 Å². The van der Waals surface area contributed by atoms with Crippen LogP contribution in [0.15, 0.2) is 18.2 Å². The highest BCUT2D eigenvalue weighted by molar-refractivity contribution is 7.03. The van der Waals surface area contributed by atoms with Crippen molar-refractivity contribution in [2.75, 3.05) is 0 Å². The summed E-state index contributed by atoms with van der Waals surface area (Å²) in [6.07, 6.45) is 0.579. The number of carbonyl (C=O) groups is 1. The summed E-state index contributed by atoms with van der Waals surface area (Å²) in [6, 6.07) is 6.25. The summed E-state index contributed by atoms with van der Waals surface area (Å²) >= 11 is 0. The van der Waals surface area contributed by atoms with Gasteiger partial charge in [0, 0.05) is 6.42 Å². The highest BCUT2D eigenvalue weighted by Gasteiger charge is 2.47. The quantitative estimate of drug-likeness (QED) is 0.775. The van der Waals surface area contributed by atoms with Crippen molar-refractivity contribution in [3.63, 3.8) is 0 Å². The van der Waals surface area contributed by atoms with E-state index < -0.39 is 16.1 Å². The SMILES string of the molecule is CC1(CC(=O)[Si](C)(C)C)C[Si](C)(C)c2ccc(F)cc21. The zero-order valence-electron chi connectivity index (χ0n) is 13.4. The molecule has 0 N–H and O–H groups in total. The lowest BCUT2D eigenvalue weighted by molar-refractivity contribution is -0.113. The Labute approximate surface area is 123 Å². The van der Waals surface area contributed by atoms with Crippen LogP contribution in [0.5, 0.6) is 0 Å². The number of hydrogen-bond acceptors (Lipinski definition) is 1. The fourth-order valence-electron chi connectivity index (χ4n) is 3.55. The Bertz CT molecular complexity index is 560. The first-order valence-electron chi connectivity index (χ1n) is 7.30. The summed E-state index contributed by atoms with van der Waals surface area (Å²) in [5, 5.41) is 1.74. The molecule has 1 aromatic carbocycles. The molecule has 0 fully saturated rings. The van der Waals surface area contributed by atoms with E-state index in [1.54, 1.807) is 12.1 Å². The highest BCUT2D eigenvalue weighted by atomic mass is 28.3. The van der Waals surface area contributed by atoms with Crippen molar-refractivity contribution in [3.05, 3.63) is 29.6 Å². The molecule has 0 aliphatic carbocycles. The average molecular weight is 309 g/mol. The molecule has 1 nitrogen and oxygen atoms in total. The molecular weight excluding hydrogens is 283 g/mol. The molecule has 1 aliphatic heterocycles. The fraction of sp³-hybridized carbons (Fsp3) is 0.562. The van der Waals surface area contributed by atoms with Crippen LogP contribution < -0.4 is 5.19 Å². The Morgan fingerprint density at radius 1 is 1.35 bits per heavy atom. The van der Waals surface area contributed by atoms with Crippen LogP contribution >= 0.6 is 0 Å². The van der Waals surface area contributed by atoms with Crippen LogP contribution in [-0.4, -0.2) is 21.6 Å². The minimum atomic E-state index is -1.77. The van der Waals surface area contributed by atoms with Gasteiger partial charge in [0.2, 0.25) is 0 Å². The van der Waals surface area contributed by atoms with Gasteiger partial charge in [0.25, 0.3) is 0 Å². The molecule has 1 atom stereocenters. The second kappa shape index (κ2) is 4.63. The second-order valence-corrected chi connectivity index (χ2v) is 17.9. The van der Waals surface area contributed by atoms with Crippen molar-refractivity contribution in [3.8, 4) is 0 Å². The van der Waals surface area contributed by atoms with Gasteiger partial charge in [0.1, 0.15) is 19.3 Å². The lowest BCUT2D eigenvalue weighted by Crippen LogP contribution is -2.39. The molecule has 0 saturated carbocycles. The topological polar surface area (TPSA) is 17.1 Å². The van der Waals surface area contributed by atoms with Gasteiger partial charge in [0.05, 0.1) is 8.07 Å². The fourth-order valence-corrected chi connectivity index (χ4v) is 8.56. The maximum atomic E-state index is 13.7. The van der Waals surface area contributed by atoms with E-state index >= 15 is 0 Å². The minimum Gasteiger partial charge on any atom is -0.305 e. The number of fused-ring (bicyclic) bond motifs is 1. The molecule has 1 aromatic rings. The Morgan fingerprint density at radius 3 is 2.50 bits per heavy atom. The van der Waals surface area contributed by atoms with Gasteiger partial charge < -0.3 is 4.79 Å². The summed E-state index contributed by atoms with van der Waals surface area (Å²) in [4.78, 5) is 12.5. The molecule has 1 aliphatic rings. The summed E-state index contributed by atoms with van der Waals surface area (Å²) in [7, 11) is -3.32. The van der Waals surface area contributed by atoms with Crippen LogP contribution in [0.3, 0.4) is 0 Å². The van der Waals surface area contributed by atoms with Gasteiger partial charge in [0.15, 0.2) is 0 Å². The van der Waals surface area contributed by atoms with Crippen LogP contribution in [0.4, 0.5) is 4.39 Å². The molecule has 0 aromatic heterocycles. The Balaban J connectivity index is 2.45. The van der Waals surface area contributed by atoms with Gasteiger partial charge in [-0.15, -0.1) is 0 Å². The van der Waals surface area contributed by atoms with Gasteiger partial charge in [-0.25, -0.2) is 4.39 Å². The van der Waals surface area contributed by atoms with Gasteiger partial charge in [-0.2, -0.15) is 0 Å². The summed E-state index contributed by atoms with van der Waals surface area (Å²) in [6.45, 7) is 13.1. The second-order valence-electron chi connectivity index (χ2n) is 8.16. The third-order valence-corrected chi connectivity index (χ3v) is 9.99. The zero-order valence-corrected chi connectivity index (χ0v) is 15.4. The van der Waals surface area contributed by atoms with Crippen LogP contribution in [-0.2, 0) is 10.2 Å². The van der Waals surface area contributed by atoms with Crippen molar-refractivity contribution in [2.45, 2.75) is 57.5 Å². The van der Waals surface area contributed by atoms with E-state index in [0.717, 1.165) is 11.6 Å². The molecule has 2 rings (SSSR count). The number of benzene rings is 1. The normalized spacial score (nSPS) is 24.6. The van der Waals surface area contributed by atoms with Gasteiger partial charge in [-0.3, -0.25) is 0 Å². The highest BCUT2D eigenvalue weighted by Crippen LogP contribution is 2.43. The van der Waals surface area contributed by atoms with Crippen LogP contribution in [0, 0.1) is 5.82 Å². The van der Waals surface area contributed by atoms with E-state index in [9.17, 15) is 9.18 Å². The monoisotopic (exact) mass is 308 g/mol. The summed E-state index contributed by atoms with van der Waals surface area (Å²) in [5.41, 5.74) is 0.936. The third-order valence-electron chi connectivity index (χ3n) is 4.58. The smallest absolute Gasteiger partial charge is 0.123 e. The predicted molar refractivity (Wildman–Crippen MR) is 88.6 cm³/mol. The average Bonchev–Trinajstić information content (AvgIpc) is 2.44. The van der Waals surface area contributed by atoms with E-state index in [0.29, 0.717) is 11.8 Å². The molecule has 20 heavy (non-hydrogen) atoms. The number of carbonyl (C=O) groups excluding carboxylic acids is 1. The van der Waals surface area contributed by atoms with E-state index in [4.69, 9.17) is 0 Å². The van der Waals surface area contributed by atoms with Crippen molar-refractivity contribution >= 4 is 26.7 Å².